The van der Waals surface area contributed by atoms with E-state index in [1.54, 1.807) is 12.1 Å². The van der Waals surface area contributed by atoms with E-state index in [2.05, 4.69) is 38.1 Å². The van der Waals surface area contributed by atoms with E-state index in [1.165, 1.54) is 11.1 Å². The molecule has 0 bridgehead atoms. The van der Waals surface area contributed by atoms with Gasteiger partial charge in [-0.3, -0.25) is 0 Å². The number of hydrogen-bond acceptors (Lipinski definition) is 1. The van der Waals surface area contributed by atoms with Crippen molar-refractivity contribution in [3.8, 4) is 5.75 Å². The molecule has 0 aromatic heterocycles. The van der Waals surface area contributed by atoms with Gasteiger partial charge in [-0.15, -0.1) is 0 Å². The molecule has 0 heterocycles. The summed E-state index contributed by atoms with van der Waals surface area (Å²) in [6, 6.07) is 17.8. The van der Waals surface area contributed by atoms with Crippen molar-refractivity contribution in [1.29, 1.82) is 0 Å². The van der Waals surface area contributed by atoms with Crippen molar-refractivity contribution in [3.63, 3.8) is 0 Å². The van der Waals surface area contributed by atoms with Gasteiger partial charge < -0.3 is 6.53 Å². The van der Waals surface area contributed by atoms with E-state index in [1.807, 2.05) is 18.2 Å². The standard InChI is InChI=1S/C15H16O.Na.H/c1-15(2,12-6-4-3-5-7-12)13-8-10-14(16)11-9-13;;/h3-11,16H,1-2H3;;/q;+1;-1. The Morgan fingerprint density at radius 3 is 1.82 bits per heavy atom. The fraction of sp³-hybridized carbons (Fsp3) is 0.200. The monoisotopic (exact) mass is 236 g/mol. The van der Waals surface area contributed by atoms with Gasteiger partial charge in [0.25, 0.3) is 0 Å². The summed E-state index contributed by atoms with van der Waals surface area (Å²) in [6.45, 7) is 4.38. The van der Waals surface area contributed by atoms with Gasteiger partial charge >= 0.3 is 29.6 Å². The van der Waals surface area contributed by atoms with Crippen LogP contribution >= 0.6 is 0 Å². The summed E-state index contributed by atoms with van der Waals surface area (Å²) in [7, 11) is 0. The fourth-order valence-corrected chi connectivity index (χ4v) is 1.90. The van der Waals surface area contributed by atoms with Crippen LogP contribution in [-0.2, 0) is 5.41 Å². The summed E-state index contributed by atoms with van der Waals surface area (Å²) in [5, 5.41) is 9.29. The third-order valence-electron chi connectivity index (χ3n) is 3.08. The van der Waals surface area contributed by atoms with E-state index in [0.29, 0.717) is 5.75 Å². The van der Waals surface area contributed by atoms with Gasteiger partial charge in [-0.2, -0.15) is 0 Å². The van der Waals surface area contributed by atoms with E-state index in [9.17, 15) is 5.11 Å². The second-order valence-corrected chi connectivity index (χ2v) is 4.54. The molecule has 17 heavy (non-hydrogen) atoms. The van der Waals surface area contributed by atoms with Crippen LogP contribution in [0.15, 0.2) is 54.6 Å². The number of phenolic OH excluding ortho intramolecular Hbond substituents is 1. The first-order valence-corrected chi connectivity index (χ1v) is 5.46. The summed E-state index contributed by atoms with van der Waals surface area (Å²) in [5.74, 6) is 0.313. The second-order valence-electron chi connectivity index (χ2n) is 4.54. The molecule has 2 aromatic rings. The quantitative estimate of drug-likeness (QED) is 0.766. The molecule has 0 unspecified atom stereocenters. The van der Waals surface area contributed by atoms with Gasteiger partial charge in [-0.25, -0.2) is 0 Å². The Hall–Kier alpha value is -0.760. The van der Waals surface area contributed by atoms with Crippen LogP contribution in [0.2, 0.25) is 0 Å². The SMILES string of the molecule is CC(C)(c1ccccc1)c1ccc(O)cc1.[H-].[Na+]. The van der Waals surface area contributed by atoms with Gasteiger partial charge in [0.05, 0.1) is 0 Å². The topological polar surface area (TPSA) is 20.2 Å². The molecule has 1 nitrogen and oxygen atoms in total. The Morgan fingerprint density at radius 1 is 0.824 bits per heavy atom. The van der Waals surface area contributed by atoms with Crippen molar-refractivity contribution >= 4 is 0 Å². The first kappa shape index (κ1) is 14.3. The minimum absolute atomic E-state index is 0. The molecule has 0 aliphatic heterocycles. The predicted molar refractivity (Wildman–Crippen MR) is 67.8 cm³/mol. The molecule has 2 rings (SSSR count). The van der Waals surface area contributed by atoms with E-state index in [4.69, 9.17) is 0 Å². The summed E-state index contributed by atoms with van der Waals surface area (Å²) in [6.07, 6.45) is 0. The molecule has 0 saturated heterocycles. The van der Waals surface area contributed by atoms with E-state index >= 15 is 0 Å². The number of hydrogen-bond donors (Lipinski definition) is 1. The van der Waals surface area contributed by atoms with Crippen molar-refractivity contribution in [2.24, 2.45) is 0 Å². The largest absolute Gasteiger partial charge is 1.00 e. The first-order chi connectivity index (χ1) is 7.60. The van der Waals surface area contributed by atoms with Gasteiger partial charge in [0, 0.05) is 5.41 Å². The predicted octanol–water partition coefficient (Wildman–Crippen LogP) is 0.835. The molecule has 0 saturated carbocycles. The third-order valence-corrected chi connectivity index (χ3v) is 3.08. The molecule has 2 heteroatoms. The number of rotatable bonds is 2. The Labute approximate surface area is 126 Å². The van der Waals surface area contributed by atoms with E-state index in [-0.39, 0.29) is 36.4 Å². The normalized spacial score (nSPS) is 10.7. The van der Waals surface area contributed by atoms with Gasteiger partial charge in [0.15, 0.2) is 0 Å². The maximum absolute atomic E-state index is 9.29. The van der Waals surface area contributed by atoms with Gasteiger partial charge in [-0.1, -0.05) is 56.3 Å². The van der Waals surface area contributed by atoms with Crippen LogP contribution in [0.25, 0.3) is 0 Å². The Balaban J connectivity index is 0.00000144. The summed E-state index contributed by atoms with van der Waals surface area (Å²) in [5.41, 5.74) is 2.45. The molecule has 0 radical (unpaired) electrons. The van der Waals surface area contributed by atoms with Crippen LogP contribution in [0.4, 0.5) is 0 Å². The summed E-state index contributed by atoms with van der Waals surface area (Å²) in [4.78, 5) is 0. The zero-order valence-corrected chi connectivity index (χ0v) is 12.6. The van der Waals surface area contributed by atoms with Gasteiger partial charge in [0.2, 0.25) is 0 Å². The third kappa shape index (κ3) is 3.12. The molecular weight excluding hydrogens is 219 g/mol. The van der Waals surface area contributed by atoms with Crippen LogP contribution in [0.1, 0.15) is 26.4 Å². The molecule has 0 aliphatic rings. The van der Waals surface area contributed by atoms with Gasteiger partial charge in [-0.05, 0) is 23.3 Å². The van der Waals surface area contributed by atoms with Crippen molar-refractivity contribution in [1.82, 2.24) is 0 Å². The van der Waals surface area contributed by atoms with Crippen LogP contribution < -0.4 is 29.6 Å². The molecule has 0 atom stereocenters. The average Bonchev–Trinajstić information content (AvgIpc) is 2.31. The summed E-state index contributed by atoms with van der Waals surface area (Å²) < 4.78 is 0. The molecule has 0 fully saturated rings. The maximum atomic E-state index is 9.29. The molecule has 0 spiro atoms. The van der Waals surface area contributed by atoms with Crippen LogP contribution in [-0.4, -0.2) is 5.11 Å². The Morgan fingerprint density at radius 2 is 1.29 bits per heavy atom. The molecule has 0 aliphatic carbocycles. The Kier molecular flexibility index (Phi) is 4.81. The minimum Gasteiger partial charge on any atom is -1.00 e. The number of benzene rings is 2. The summed E-state index contributed by atoms with van der Waals surface area (Å²) >= 11 is 0. The minimum atomic E-state index is -0.0328. The molecule has 84 valence electrons. The zero-order valence-electron chi connectivity index (χ0n) is 11.6. The molecule has 0 amide bonds. The van der Waals surface area contributed by atoms with Crippen molar-refractivity contribution in [3.05, 3.63) is 65.7 Å². The number of aromatic hydroxyl groups is 1. The average molecular weight is 236 g/mol. The number of phenols is 1. The first-order valence-electron chi connectivity index (χ1n) is 5.46. The maximum Gasteiger partial charge on any atom is 1.00 e. The molecular formula is C15H17NaO. The molecule has 1 N–H and O–H groups in total. The molecule has 2 aromatic carbocycles. The van der Waals surface area contributed by atoms with Crippen LogP contribution in [0.3, 0.4) is 0 Å². The van der Waals surface area contributed by atoms with E-state index < -0.39 is 0 Å². The fourth-order valence-electron chi connectivity index (χ4n) is 1.90. The van der Waals surface area contributed by atoms with E-state index in [0.717, 1.165) is 0 Å². The zero-order chi connectivity index (χ0) is 11.6. The van der Waals surface area contributed by atoms with Crippen molar-refractivity contribution in [2.45, 2.75) is 19.3 Å². The van der Waals surface area contributed by atoms with Crippen LogP contribution in [0, 0.1) is 0 Å². The Bertz CT molecular complexity index is 466. The second kappa shape index (κ2) is 5.72. The van der Waals surface area contributed by atoms with Gasteiger partial charge in [0.1, 0.15) is 5.75 Å². The smallest absolute Gasteiger partial charge is 1.00 e. The van der Waals surface area contributed by atoms with Crippen LogP contribution in [0.5, 0.6) is 5.75 Å². The van der Waals surface area contributed by atoms with Crippen molar-refractivity contribution < 1.29 is 36.1 Å². The van der Waals surface area contributed by atoms with Crippen molar-refractivity contribution in [2.75, 3.05) is 0 Å².